The number of nitrogens with zero attached hydrogens (tertiary/aromatic N) is 3. The van der Waals surface area contributed by atoms with Crippen LogP contribution in [-0.4, -0.2) is 15.0 Å². The Hall–Kier alpha value is -2.07. The van der Waals surface area contributed by atoms with Gasteiger partial charge in [-0.25, -0.2) is 4.98 Å². The molecule has 0 spiro atoms. The average Bonchev–Trinajstić information content (AvgIpc) is 2.87. The van der Waals surface area contributed by atoms with Crippen LogP contribution in [0.25, 0.3) is 22.5 Å². The van der Waals surface area contributed by atoms with Crippen LogP contribution in [0, 0.1) is 6.92 Å². The molecule has 3 aromatic rings. The van der Waals surface area contributed by atoms with Crippen molar-refractivity contribution in [3.05, 3.63) is 53.2 Å². The van der Waals surface area contributed by atoms with E-state index in [1.807, 2.05) is 43.6 Å². The van der Waals surface area contributed by atoms with Crippen molar-refractivity contribution in [3.63, 3.8) is 0 Å². The number of pyridine rings is 2. The van der Waals surface area contributed by atoms with Crippen molar-refractivity contribution in [2.24, 2.45) is 0 Å². The van der Waals surface area contributed by atoms with E-state index in [2.05, 4.69) is 20.3 Å². The van der Waals surface area contributed by atoms with Gasteiger partial charge in [-0.3, -0.25) is 9.97 Å². The summed E-state index contributed by atoms with van der Waals surface area (Å²) >= 11 is 1.65. The van der Waals surface area contributed by atoms with E-state index >= 15 is 0 Å². The predicted molar refractivity (Wildman–Crippen MR) is 73.3 cm³/mol. The first-order valence-corrected chi connectivity index (χ1v) is 6.50. The van der Waals surface area contributed by atoms with Gasteiger partial charge in [-0.15, -0.1) is 11.3 Å². The maximum absolute atomic E-state index is 4.46. The molecule has 0 fully saturated rings. The van der Waals surface area contributed by atoms with Crippen LogP contribution in [0.2, 0.25) is 0 Å². The SMILES string of the molecule is Cc1nc(-c2ccc(-c3cccnc3)nc2)cs1. The molecule has 0 N–H and O–H groups in total. The summed E-state index contributed by atoms with van der Waals surface area (Å²) in [6, 6.07) is 7.96. The van der Waals surface area contributed by atoms with Crippen LogP contribution in [0.5, 0.6) is 0 Å². The number of aryl methyl sites for hydroxylation is 1. The Morgan fingerprint density at radius 2 is 1.89 bits per heavy atom. The second-order valence-corrected chi connectivity index (χ2v) is 4.99. The highest BCUT2D eigenvalue weighted by molar-refractivity contribution is 7.09. The summed E-state index contributed by atoms with van der Waals surface area (Å²) < 4.78 is 0. The Bertz CT molecular complexity index is 644. The van der Waals surface area contributed by atoms with E-state index in [9.17, 15) is 0 Å². The summed E-state index contributed by atoms with van der Waals surface area (Å²) in [7, 11) is 0. The van der Waals surface area contributed by atoms with Gasteiger partial charge in [0.1, 0.15) is 0 Å². The quantitative estimate of drug-likeness (QED) is 0.700. The largest absolute Gasteiger partial charge is 0.264 e. The fraction of sp³-hybridized carbons (Fsp3) is 0.0714. The minimum Gasteiger partial charge on any atom is -0.264 e. The van der Waals surface area contributed by atoms with Crippen LogP contribution in [0.15, 0.2) is 48.2 Å². The van der Waals surface area contributed by atoms with E-state index in [-0.39, 0.29) is 0 Å². The summed E-state index contributed by atoms with van der Waals surface area (Å²) in [5.41, 5.74) is 3.99. The van der Waals surface area contributed by atoms with Gasteiger partial charge in [0.2, 0.25) is 0 Å². The summed E-state index contributed by atoms with van der Waals surface area (Å²) in [5.74, 6) is 0. The molecule has 4 heteroatoms. The third-order valence-electron chi connectivity index (χ3n) is 2.64. The lowest BCUT2D eigenvalue weighted by Crippen LogP contribution is -1.85. The Kier molecular flexibility index (Phi) is 2.86. The topological polar surface area (TPSA) is 38.7 Å². The molecule has 0 aliphatic rings. The Morgan fingerprint density at radius 1 is 1.00 bits per heavy atom. The first-order chi connectivity index (χ1) is 8.83. The van der Waals surface area contributed by atoms with E-state index in [1.54, 1.807) is 17.5 Å². The Balaban J connectivity index is 1.94. The van der Waals surface area contributed by atoms with Gasteiger partial charge in [0.05, 0.1) is 16.4 Å². The van der Waals surface area contributed by atoms with Gasteiger partial charge in [0.15, 0.2) is 0 Å². The van der Waals surface area contributed by atoms with Crippen molar-refractivity contribution in [1.82, 2.24) is 15.0 Å². The molecule has 0 unspecified atom stereocenters. The molecule has 3 heterocycles. The summed E-state index contributed by atoms with van der Waals surface area (Å²) in [6.07, 6.45) is 5.43. The van der Waals surface area contributed by atoms with E-state index < -0.39 is 0 Å². The van der Waals surface area contributed by atoms with Gasteiger partial charge in [-0.05, 0) is 31.2 Å². The minimum atomic E-state index is 0.929. The molecule has 3 nitrogen and oxygen atoms in total. The maximum atomic E-state index is 4.46. The second kappa shape index (κ2) is 4.66. The molecular weight excluding hydrogens is 242 g/mol. The van der Waals surface area contributed by atoms with Crippen molar-refractivity contribution in [3.8, 4) is 22.5 Å². The molecule has 0 atom stereocenters. The first-order valence-electron chi connectivity index (χ1n) is 5.62. The molecule has 18 heavy (non-hydrogen) atoms. The molecular formula is C14H11N3S. The van der Waals surface area contributed by atoms with Crippen molar-refractivity contribution >= 4 is 11.3 Å². The Morgan fingerprint density at radius 3 is 2.50 bits per heavy atom. The lowest BCUT2D eigenvalue weighted by atomic mass is 10.1. The monoisotopic (exact) mass is 253 g/mol. The smallest absolute Gasteiger partial charge is 0.0901 e. The van der Waals surface area contributed by atoms with Crippen molar-refractivity contribution in [1.29, 1.82) is 0 Å². The van der Waals surface area contributed by atoms with Crippen LogP contribution in [-0.2, 0) is 0 Å². The number of hydrogen-bond acceptors (Lipinski definition) is 4. The van der Waals surface area contributed by atoms with Crippen molar-refractivity contribution in [2.75, 3.05) is 0 Å². The van der Waals surface area contributed by atoms with Crippen LogP contribution >= 0.6 is 11.3 Å². The lowest BCUT2D eigenvalue weighted by molar-refractivity contribution is 1.26. The van der Waals surface area contributed by atoms with E-state index in [0.29, 0.717) is 0 Å². The molecule has 3 aromatic heterocycles. The summed E-state index contributed by atoms with van der Waals surface area (Å²) in [5, 5.41) is 3.12. The van der Waals surface area contributed by atoms with Crippen LogP contribution in [0.3, 0.4) is 0 Å². The highest BCUT2D eigenvalue weighted by Crippen LogP contribution is 2.23. The molecule has 0 radical (unpaired) electrons. The average molecular weight is 253 g/mol. The van der Waals surface area contributed by atoms with Gasteiger partial charge in [-0.1, -0.05) is 0 Å². The van der Waals surface area contributed by atoms with E-state index in [4.69, 9.17) is 0 Å². The highest BCUT2D eigenvalue weighted by atomic mass is 32.1. The number of hydrogen-bond donors (Lipinski definition) is 0. The molecule has 0 aliphatic carbocycles. The standard InChI is InChI=1S/C14H11N3S/c1-10-17-14(9-18-10)12-4-5-13(16-8-12)11-3-2-6-15-7-11/h2-9H,1H3. The summed E-state index contributed by atoms with van der Waals surface area (Å²) in [4.78, 5) is 13.0. The molecule has 3 rings (SSSR count). The third kappa shape index (κ3) is 2.15. The molecule has 0 aromatic carbocycles. The van der Waals surface area contributed by atoms with Gasteiger partial charge in [-0.2, -0.15) is 0 Å². The van der Waals surface area contributed by atoms with Gasteiger partial charge >= 0.3 is 0 Å². The van der Waals surface area contributed by atoms with E-state index in [0.717, 1.165) is 27.5 Å². The normalized spacial score (nSPS) is 10.5. The molecule has 0 saturated carbocycles. The molecule has 0 aliphatic heterocycles. The zero-order valence-electron chi connectivity index (χ0n) is 9.87. The number of aromatic nitrogens is 3. The molecule has 88 valence electrons. The van der Waals surface area contributed by atoms with Crippen molar-refractivity contribution < 1.29 is 0 Å². The van der Waals surface area contributed by atoms with Crippen LogP contribution in [0.4, 0.5) is 0 Å². The fourth-order valence-corrected chi connectivity index (χ4v) is 2.35. The fourth-order valence-electron chi connectivity index (χ4n) is 1.73. The predicted octanol–water partition coefficient (Wildman–Crippen LogP) is 3.58. The number of rotatable bonds is 2. The lowest BCUT2D eigenvalue weighted by Gasteiger charge is -2.01. The zero-order valence-corrected chi connectivity index (χ0v) is 10.7. The van der Waals surface area contributed by atoms with Gasteiger partial charge in [0, 0.05) is 35.1 Å². The first kappa shape index (κ1) is 11.0. The second-order valence-electron chi connectivity index (χ2n) is 3.93. The van der Waals surface area contributed by atoms with Gasteiger partial charge in [0.25, 0.3) is 0 Å². The van der Waals surface area contributed by atoms with E-state index in [1.165, 1.54) is 0 Å². The Labute approximate surface area is 109 Å². The minimum absolute atomic E-state index is 0.929. The van der Waals surface area contributed by atoms with Gasteiger partial charge < -0.3 is 0 Å². The highest BCUT2D eigenvalue weighted by Gasteiger charge is 2.04. The molecule has 0 amide bonds. The molecule has 0 saturated heterocycles. The molecule has 0 bridgehead atoms. The van der Waals surface area contributed by atoms with Crippen molar-refractivity contribution in [2.45, 2.75) is 6.92 Å². The summed E-state index contributed by atoms with van der Waals surface area (Å²) in [6.45, 7) is 2.01. The van der Waals surface area contributed by atoms with Crippen LogP contribution < -0.4 is 0 Å². The number of thiazole rings is 1. The van der Waals surface area contributed by atoms with Crippen LogP contribution in [0.1, 0.15) is 5.01 Å². The third-order valence-corrected chi connectivity index (χ3v) is 3.41. The maximum Gasteiger partial charge on any atom is 0.0901 e. The zero-order chi connectivity index (χ0) is 12.4.